The van der Waals surface area contributed by atoms with Gasteiger partial charge in [-0.25, -0.2) is 0 Å². The van der Waals surface area contributed by atoms with Gasteiger partial charge in [0.2, 0.25) is 5.91 Å². The molecular weight excluding hydrogens is 332 g/mol. The monoisotopic (exact) mass is 350 g/mol. The lowest BCUT2D eigenvalue weighted by Crippen LogP contribution is -2.32. The molecule has 1 N–H and O–H groups in total. The number of nitrogens with zero attached hydrogens (tertiary/aromatic N) is 3. The fourth-order valence-electron chi connectivity index (χ4n) is 2.26. The molecule has 0 saturated heterocycles. The van der Waals surface area contributed by atoms with Gasteiger partial charge in [-0.05, 0) is 38.8 Å². The molecule has 0 spiro atoms. The van der Waals surface area contributed by atoms with Gasteiger partial charge >= 0.3 is 0 Å². The normalized spacial score (nSPS) is 15.4. The first-order chi connectivity index (χ1) is 11.1. The minimum Gasteiger partial charge on any atom is -0.352 e. The van der Waals surface area contributed by atoms with Gasteiger partial charge in [0, 0.05) is 23.2 Å². The molecule has 5 nitrogen and oxygen atoms in total. The molecule has 1 aliphatic carbocycles. The van der Waals surface area contributed by atoms with E-state index in [1.54, 1.807) is 0 Å². The summed E-state index contributed by atoms with van der Waals surface area (Å²) in [5.74, 6) is 0.833. The van der Waals surface area contributed by atoms with Gasteiger partial charge in [0.05, 0.1) is 5.25 Å². The van der Waals surface area contributed by atoms with Crippen LogP contribution in [0.15, 0.2) is 29.4 Å². The highest BCUT2D eigenvalue weighted by Gasteiger charge is 2.27. The van der Waals surface area contributed by atoms with E-state index in [9.17, 15) is 4.79 Å². The Labute approximate surface area is 144 Å². The molecule has 1 aromatic carbocycles. The van der Waals surface area contributed by atoms with Crippen molar-refractivity contribution in [2.45, 2.75) is 49.7 Å². The van der Waals surface area contributed by atoms with Crippen LogP contribution in [0.1, 0.15) is 26.7 Å². The second-order valence-corrected chi connectivity index (χ2v) is 7.35. The van der Waals surface area contributed by atoms with Gasteiger partial charge in [-0.3, -0.25) is 4.79 Å². The summed E-state index contributed by atoms with van der Waals surface area (Å²) in [5.41, 5.74) is 0.925. The maximum absolute atomic E-state index is 12.1. The quantitative estimate of drug-likeness (QED) is 0.811. The zero-order chi connectivity index (χ0) is 16.4. The molecule has 0 radical (unpaired) electrons. The lowest BCUT2D eigenvalue weighted by molar-refractivity contribution is -0.120. The highest BCUT2D eigenvalue weighted by Crippen LogP contribution is 2.28. The van der Waals surface area contributed by atoms with Crippen LogP contribution in [0.2, 0.25) is 5.02 Å². The highest BCUT2D eigenvalue weighted by molar-refractivity contribution is 8.00. The number of halogens is 1. The van der Waals surface area contributed by atoms with Crippen molar-refractivity contribution in [3.05, 3.63) is 29.3 Å². The zero-order valence-corrected chi connectivity index (χ0v) is 14.7. The van der Waals surface area contributed by atoms with Crippen LogP contribution < -0.4 is 5.32 Å². The third-order valence-corrected chi connectivity index (χ3v) is 5.01. The van der Waals surface area contributed by atoms with Crippen molar-refractivity contribution in [3.63, 3.8) is 0 Å². The molecule has 122 valence electrons. The molecule has 1 saturated carbocycles. The van der Waals surface area contributed by atoms with E-state index in [0.29, 0.717) is 11.1 Å². The summed E-state index contributed by atoms with van der Waals surface area (Å²) in [6.45, 7) is 4.67. The van der Waals surface area contributed by atoms with E-state index in [4.69, 9.17) is 11.6 Å². The summed E-state index contributed by atoms with van der Waals surface area (Å²) in [6, 6.07) is 7.93. The molecule has 1 amide bonds. The minimum atomic E-state index is -0.197. The predicted octanol–water partition coefficient (Wildman–Crippen LogP) is 3.38. The number of hydrogen-bond acceptors (Lipinski definition) is 4. The van der Waals surface area contributed by atoms with Crippen LogP contribution in [0.4, 0.5) is 0 Å². The molecule has 2 aromatic rings. The minimum absolute atomic E-state index is 0.0625. The SMILES string of the molecule is CCn1c(SC(C)C(=O)NC2CC2)nnc1-c1cccc(Cl)c1. The van der Waals surface area contributed by atoms with E-state index in [1.165, 1.54) is 11.8 Å². The number of carbonyl (C=O) groups is 1. The van der Waals surface area contributed by atoms with Crippen LogP contribution in [-0.2, 0) is 11.3 Å². The molecule has 1 unspecified atom stereocenters. The molecular formula is C16H19ClN4OS. The third kappa shape index (κ3) is 3.87. The highest BCUT2D eigenvalue weighted by atomic mass is 35.5. The van der Waals surface area contributed by atoms with Gasteiger partial charge < -0.3 is 9.88 Å². The van der Waals surface area contributed by atoms with Crippen molar-refractivity contribution in [1.82, 2.24) is 20.1 Å². The molecule has 1 fully saturated rings. The molecule has 3 rings (SSSR count). The second kappa shape index (κ2) is 6.93. The number of carbonyl (C=O) groups excluding carboxylic acids is 1. The van der Waals surface area contributed by atoms with Crippen LogP contribution in [0.5, 0.6) is 0 Å². The largest absolute Gasteiger partial charge is 0.352 e. The van der Waals surface area contributed by atoms with Gasteiger partial charge in [-0.1, -0.05) is 35.5 Å². The Hall–Kier alpha value is -1.53. The fraction of sp³-hybridized carbons (Fsp3) is 0.438. The van der Waals surface area contributed by atoms with E-state index in [0.717, 1.165) is 35.9 Å². The second-order valence-electron chi connectivity index (χ2n) is 5.60. The van der Waals surface area contributed by atoms with E-state index in [2.05, 4.69) is 15.5 Å². The maximum Gasteiger partial charge on any atom is 0.233 e. The van der Waals surface area contributed by atoms with Crippen LogP contribution in [0.25, 0.3) is 11.4 Å². The van der Waals surface area contributed by atoms with Crippen molar-refractivity contribution in [2.24, 2.45) is 0 Å². The molecule has 1 atom stereocenters. The smallest absolute Gasteiger partial charge is 0.233 e. The Bertz CT molecular complexity index is 714. The van der Waals surface area contributed by atoms with Crippen molar-refractivity contribution in [3.8, 4) is 11.4 Å². The van der Waals surface area contributed by atoms with Gasteiger partial charge in [0.15, 0.2) is 11.0 Å². The number of benzene rings is 1. The maximum atomic E-state index is 12.1. The van der Waals surface area contributed by atoms with E-state index in [-0.39, 0.29) is 11.2 Å². The summed E-state index contributed by atoms with van der Waals surface area (Å²) in [4.78, 5) is 12.1. The van der Waals surface area contributed by atoms with Crippen LogP contribution in [0, 0.1) is 0 Å². The van der Waals surface area contributed by atoms with Crippen molar-refractivity contribution < 1.29 is 4.79 Å². The molecule has 1 aromatic heterocycles. The average Bonchev–Trinajstić information content (AvgIpc) is 3.25. The number of aromatic nitrogens is 3. The number of hydrogen-bond donors (Lipinski definition) is 1. The number of rotatable bonds is 6. The number of nitrogens with one attached hydrogen (secondary N) is 1. The van der Waals surface area contributed by atoms with E-state index >= 15 is 0 Å². The zero-order valence-electron chi connectivity index (χ0n) is 13.1. The Balaban J connectivity index is 1.79. The summed E-state index contributed by atoms with van der Waals surface area (Å²) in [7, 11) is 0. The Kier molecular flexibility index (Phi) is 4.92. The van der Waals surface area contributed by atoms with Crippen LogP contribution in [0.3, 0.4) is 0 Å². The summed E-state index contributed by atoms with van der Waals surface area (Å²) in [5, 5.41) is 12.8. The lowest BCUT2D eigenvalue weighted by atomic mass is 10.2. The Morgan fingerprint density at radius 1 is 1.48 bits per heavy atom. The van der Waals surface area contributed by atoms with E-state index in [1.807, 2.05) is 42.7 Å². The van der Waals surface area contributed by atoms with Gasteiger partial charge in [-0.15, -0.1) is 10.2 Å². The number of amides is 1. The first-order valence-electron chi connectivity index (χ1n) is 7.74. The standard InChI is InChI=1S/C16H19ClN4OS/c1-3-21-14(11-5-4-6-12(17)9-11)19-20-16(21)23-10(2)15(22)18-13-7-8-13/h4-6,9-10,13H,3,7-8H2,1-2H3,(H,18,22). The summed E-state index contributed by atoms with van der Waals surface area (Å²) in [6.07, 6.45) is 2.18. The average molecular weight is 351 g/mol. The van der Waals surface area contributed by atoms with Crippen molar-refractivity contribution in [1.29, 1.82) is 0 Å². The van der Waals surface area contributed by atoms with E-state index < -0.39 is 0 Å². The van der Waals surface area contributed by atoms with Gasteiger partial charge in [-0.2, -0.15) is 0 Å². The van der Waals surface area contributed by atoms with Crippen molar-refractivity contribution >= 4 is 29.3 Å². The topological polar surface area (TPSA) is 59.8 Å². The molecule has 1 heterocycles. The lowest BCUT2D eigenvalue weighted by Gasteiger charge is -2.12. The molecule has 0 bridgehead atoms. The number of thioether (sulfide) groups is 1. The van der Waals surface area contributed by atoms with Gasteiger partial charge in [0.1, 0.15) is 0 Å². The summed E-state index contributed by atoms with van der Waals surface area (Å²) >= 11 is 7.50. The Morgan fingerprint density at radius 3 is 2.91 bits per heavy atom. The molecule has 23 heavy (non-hydrogen) atoms. The summed E-state index contributed by atoms with van der Waals surface area (Å²) < 4.78 is 2.01. The fourth-order valence-corrected chi connectivity index (χ4v) is 3.37. The molecule has 7 heteroatoms. The van der Waals surface area contributed by atoms with Crippen LogP contribution in [-0.4, -0.2) is 32.0 Å². The third-order valence-electron chi connectivity index (χ3n) is 3.69. The Morgan fingerprint density at radius 2 is 2.26 bits per heavy atom. The first kappa shape index (κ1) is 16.3. The van der Waals surface area contributed by atoms with Gasteiger partial charge in [0.25, 0.3) is 0 Å². The predicted molar refractivity (Wildman–Crippen MR) is 92.6 cm³/mol. The van der Waals surface area contributed by atoms with Crippen molar-refractivity contribution in [2.75, 3.05) is 0 Å². The van der Waals surface area contributed by atoms with Crippen LogP contribution >= 0.6 is 23.4 Å². The molecule has 0 aliphatic heterocycles. The molecule has 1 aliphatic rings. The first-order valence-corrected chi connectivity index (χ1v) is 9.00.